The Labute approximate surface area is 111 Å². The molecule has 0 amide bonds. The van der Waals surface area contributed by atoms with E-state index in [9.17, 15) is 5.11 Å². The Balaban J connectivity index is 1.92. The number of nitrogens with one attached hydrogen (secondary N) is 1. The molecule has 0 aliphatic heterocycles. The van der Waals surface area contributed by atoms with Crippen LogP contribution >= 0.6 is 11.6 Å². The maximum Gasteiger partial charge on any atom is 0.322 e. The topological polar surface area (TPSA) is 80.2 Å². The fraction of sp³-hybridized carbons (Fsp3) is 0.727. The summed E-state index contributed by atoms with van der Waals surface area (Å²) >= 11 is 5.78. The molecule has 2 atom stereocenters. The summed E-state index contributed by atoms with van der Waals surface area (Å²) in [7, 11) is 0. The molecule has 0 bridgehead atoms. The number of aliphatic hydroxyl groups is 1. The van der Waals surface area contributed by atoms with Crippen LogP contribution in [0.2, 0.25) is 5.28 Å². The molecule has 100 valence electrons. The molecule has 0 aromatic carbocycles. The van der Waals surface area contributed by atoms with Gasteiger partial charge in [-0.15, -0.1) is 0 Å². The third-order valence-corrected chi connectivity index (χ3v) is 3.09. The fourth-order valence-electron chi connectivity index (χ4n) is 2.07. The predicted molar refractivity (Wildman–Crippen MR) is 67.8 cm³/mol. The van der Waals surface area contributed by atoms with Crippen LogP contribution in [0.3, 0.4) is 0 Å². The van der Waals surface area contributed by atoms with Gasteiger partial charge >= 0.3 is 6.01 Å². The quantitative estimate of drug-likeness (QED) is 0.845. The average molecular weight is 273 g/mol. The van der Waals surface area contributed by atoms with Crippen LogP contribution in [0.1, 0.15) is 26.2 Å². The third kappa shape index (κ3) is 3.68. The lowest BCUT2D eigenvalue weighted by atomic mass is 10.1. The summed E-state index contributed by atoms with van der Waals surface area (Å²) in [4.78, 5) is 11.9. The van der Waals surface area contributed by atoms with Gasteiger partial charge in [0.1, 0.15) is 0 Å². The van der Waals surface area contributed by atoms with Crippen LogP contribution in [-0.4, -0.2) is 39.3 Å². The van der Waals surface area contributed by atoms with Crippen molar-refractivity contribution < 1.29 is 9.84 Å². The number of ether oxygens (including phenoxy) is 1. The predicted octanol–water partition coefficient (Wildman–Crippen LogP) is 1.50. The van der Waals surface area contributed by atoms with E-state index < -0.39 is 0 Å². The van der Waals surface area contributed by atoms with Gasteiger partial charge in [0.25, 0.3) is 0 Å². The zero-order valence-corrected chi connectivity index (χ0v) is 11.0. The van der Waals surface area contributed by atoms with Crippen molar-refractivity contribution in [1.29, 1.82) is 0 Å². The molecule has 2 rings (SSSR count). The summed E-state index contributed by atoms with van der Waals surface area (Å²) in [6.07, 6.45) is 2.54. The number of aliphatic hydroxyl groups excluding tert-OH is 1. The van der Waals surface area contributed by atoms with Crippen LogP contribution in [0, 0.1) is 5.92 Å². The van der Waals surface area contributed by atoms with Gasteiger partial charge in [0, 0.05) is 6.54 Å². The fourth-order valence-corrected chi connectivity index (χ4v) is 2.23. The van der Waals surface area contributed by atoms with E-state index in [0.29, 0.717) is 18.5 Å². The molecule has 2 N–H and O–H groups in total. The van der Waals surface area contributed by atoms with Gasteiger partial charge in [-0.05, 0) is 43.7 Å². The lowest BCUT2D eigenvalue weighted by molar-refractivity contribution is 0.178. The van der Waals surface area contributed by atoms with Gasteiger partial charge in [0.15, 0.2) is 0 Å². The summed E-state index contributed by atoms with van der Waals surface area (Å²) in [5, 5.41) is 12.7. The summed E-state index contributed by atoms with van der Waals surface area (Å²) < 4.78 is 5.19. The molecule has 18 heavy (non-hydrogen) atoms. The summed E-state index contributed by atoms with van der Waals surface area (Å²) in [6, 6.07) is 0.228. The van der Waals surface area contributed by atoms with Gasteiger partial charge in [-0.2, -0.15) is 15.0 Å². The average Bonchev–Trinajstić information content (AvgIpc) is 2.72. The van der Waals surface area contributed by atoms with E-state index in [0.717, 1.165) is 25.8 Å². The standard InChI is InChI=1S/C11H17ClN4O2/c1-2-18-11-15-9(12)14-10(16-11)13-6-7-3-4-8(17)5-7/h7-8,17H,2-6H2,1H3,(H,13,14,15,16). The largest absolute Gasteiger partial charge is 0.464 e. The molecule has 1 heterocycles. The zero-order chi connectivity index (χ0) is 13.0. The van der Waals surface area contributed by atoms with Crippen molar-refractivity contribution in [2.45, 2.75) is 32.3 Å². The highest BCUT2D eigenvalue weighted by Gasteiger charge is 2.22. The summed E-state index contributed by atoms with van der Waals surface area (Å²) in [6.45, 7) is 3.06. The second-order valence-electron chi connectivity index (χ2n) is 4.36. The molecule has 1 aliphatic carbocycles. The van der Waals surface area contributed by atoms with Crippen molar-refractivity contribution in [2.24, 2.45) is 5.92 Å². The van der Waals surface area contributed by atoms with Gasteiger partial charge in [0.05, 0.1) is 12.7 Å². The molecular weight excluding hydrogens is 256 g/mol. The molecule has 7 heteroatoms. The van der Waals surface area contributed by atoms with Crippen LogP contribution in [0.4, 0.5) is 5.95 Å². The molecule has 1 fully saturated rings. The second-order valence-corrected chi connectivity index (χ2v) is 4.70. The Kier molecular flexibility index (Phi) is 4.54. The maximum absolute atomic E-state index is 9.44. The van der Waals surface area contributed by atoms with E-state index in [1.54, 1.807) is 0 Å². The number of hydrogen-bond donors (Lipinski definition) is 2. The SMILES string of the molecule is CCOc1nc(Cl)nc(NCC2CCC(O)C2)n1. The Morgan fingerprint density at radius 2 is 2.22 bits per heavy atom. The van der Waals surface area contributed by atoms with Crippen molar-refractivity contribution >= 4 is 17.5 Å². The highest BCUT2D eigenvalue weighted by Crippen LogP contribution is 2.25. The summed E-state index contributed by atoms with van der Waals surface area (Å²) in [5.74, 6) is 0.867. The van der Waals surface area contributed by atoms with E-state index in [1.807, 2.05) is 6.92 Å². The maximum atomic E-state index is 9.44. The van der Waals surface area contributed by atoms with Crippen LogP contribution in [0.5, 0.6) is 6.01 Å². The first-order valence-corrected chi connectivity index (χ1v) is 6.51. The number of halogens is 1. The van der Waals surface area contributed by atoms with Gasteiger partial charge in [-0.25, -0.2) is 0 Å². The van der Waals surface area contributed by atoms with Gasteiger partial charge < -0.3 is 15.2 Å². The summed E-state index contributed by atoms with van der Waals surface area (Å²) in [5.41, 5.74) is 0. The Bertz CT molecular complexity index is 405. The number of rotatable bonds is 5. The lowest BCUT2D eigenvalue weighted by Crippen LogP contribution is -2.15. The molecule has 2 unspecified atom stereocenters. The van der Waals surface area contributed by atoms with Crippen molar-refractivity contribution in [3.63, 3.8) is 0 Å². The first kappa shape index (κ1) is 13.3. The van der Waals surface area contributed by atoms with E-state index in [4.69, 9.17) is 16.3 Å². The van der Waals surface area contributed by atoms with E-state index in [1.165, 1.54) is 0 Å². The van der Waals surface area contributed by atoms with Crippen molar-refractivity contribution in [3.8, 4) is 6.01 Å². The van der Waals surface area contributed by atoms with Gasteiger partial charge in [-0.3, -0.25) is 0 Å². The van der Waals surface area contributed by atoms with Crippen LogP contribution in [0.25, 0.3) is 0 Å². The van der Waals surface area contributed by atoms with E-state index in [2.05, 4.69) is 20.3 Å². The van der Waals surface area contributed by atoms with E-state index >= 15 is 0 Å². The molecule has 0 spiro atoms. The van der Waals surface area contributed by atoms with Crippen LogP contribution < -0.4 is 10.1 Å². The van der Waals surface area contributed by atoms with Gasteiger partial charge in [0.2, 0.25) is 11.2 Å². The minimum atomic E-state index is -0.169. The van der Waals surface area contributed by atoms with Crippen LogP contribution in [0.15, 0.2) is 0 Å². The van der Waals surface area contributed by atoms with Crippen molar-refractivity contribution in [3.05, 3.63) is 5.28 Å². The minimum absolute atomic E-state index is 0.113. The first-order valence-electron chi connectivity index (χ1n) is 6.13. The molecule has 0 radical (unpaired) electrons. The molecule has 1 aromatic rings. The van der Waals surface area contributed by atoms with Crippen molar-refractivity contribution in [1.82, 2.24) is 15.0 Å². The Hall–Kier alpha value is -1.14. The third-order valence-electron chi connectivity index (χ3n) is 2.92. The molecule has 6 nitrogen and oxygen atoms in total. The molecule has 1 aliphatic rings. The van der Waals surface area contributed by atoms with Gasteiger partial charge in [-0.1, -0.05) is 0 Å². The van der Waals surface area contributed by atoms with E-state index in [-0.39, 0.29) is 17.4 Å². The Morgan fingerprint density at radius 1 is 1.39 bits per heavy atom. The zero-order valence-electron chi connectivity index (χ0n) is 10.3. The monoisotopic (exact) mass is 272 g/mol. The molecule has 1 aromatic heterocycles. The first-order chi connectivity index (χ1) is 8.67. The highest BCUT2D eigenvalue weighted by atomic mass is 35.5. The van der Waals surface area contributed by atoms with Crippen LogP contribution in [-0.2, 0) is 0 Å². The second kappa shape index (κ2) is 6.15. The lowest BCUT2D eigenvalue weighted by Gasteiger charge is -2.11. The minimum Gasteiger partial charge on any atom is -0.464 e. The molecule has 0 saturated heterocycles. The normalized spacial score (nSPS) is 23.1. The number of hydrogen-bond acceptors (Lipinski definition) is 6. The molecule has 1 saturated carbocycles. The van der Waals surface area contributed by atoms with Crippen molar-refractivity contribution in [2.75, 3.05) is 18.5 Å². The number of nitrogens with zero attached hydrogens (tertiary/aromatic N) is 3. The highest BCUT2D eigenvalue weighted by molar-refractivity contribution is 6.28. The smallest absolute Gasteiger partial charge is 0.322 e. The number of aromatic nitrogens is 3. The molecular formula is C11H17ClN4O2. The Morgan fingerprint density at radius 3 is 2.89 bits per heavy atom. The number of anilines is 1.